The van der Waals surface area contributed by atoms with E-state index in [9.17, 15) is 18.0 Å². The highest BCUT2D eigenvalue weighted by Gasteiger charge is 2.33. The topological polar surface area (TPSA) is 86.8 Å². The fourth-order valence-electron chi connectivity index (χ4n) is 4.10. The Morgan fingerprint density at radius 3 is 1.95 bits per heavy atom. The van der Waals surface area contributed by atoms with Crippen LogP contribution in [0.25, 0.3) is 0 Å². The van der Waals surface area contributed by atoms with E-state index in [4.69, 9.17) is 23.2 Å². The summed E-state index contributed by atoms with van der Waals surface area (Å²) in [6.07, 6.45) is 0.342. The molecule has 0 aromatic heterocycles. The third kappa shape index (κ3) is 8.22. The molecule has 3 aromatic rings. The number of anilines is 1. The van der Waals surface area contributed by atoms with E-state index in [2.05, 4.69) is 5.32 Å². The van der Waals surface area contributed by atoms with Crippen molar-refractivity contribution in [1.29, 1.82) is 0 Å². The highest BCUT2D eigenvalue weighted by molar-refractivity contribution is 7.92. The molecular formula is C30H35Cl2N3O4S. The molecule has 1 N–H and O–H groups in total. The second-order valence-electron chi connectivity index (χ2n) is 10.0. The van der Waals surface area contributed by atoms with E-state index < -0.39 is 28.5 Å². The number of amides is 2. The Morgan fingerprint density at radius 2 is 1.43 bits per heavy atom. The molecule has 3 aromatic carbocycles. The van der Waals surface area contributed by atoms with Gasteiger partial charge in [0.1, 0.15) is 12.6 Å². The van der Waals surface area contributed by atoms with Gasteiger partial charge in [-0.2, -0.15) is 0 Å². The maximum absolute atomic E-state index is 14.0. The van der Waals surface area contributed by atoms with Crippen LogP contribution in [-0.2, 0) is 26.2 Å². The van der Waals surface area contributed by atoms with Crippen molar-refractivity contribution < 1.29 is 18.0 Å². The van der Waals surface area contributed by atoms with Crippen LogP contribution in [0.3, 0.4) is 0 Å². The number of nitrogens with one attached hydrogen (secondary N) is 1. The molecule has 10 heteroatoms. The van der Waals surface area contributed by atoms with Gasteiger partial charge in [0.25, 0.3) is 10.0 Å². The predicted molar refractivity (Wildman–Crippen MR) is 161 cm³/mol. The maximum atomic E-state index is 14.0. The first-order chi connectivity index (χ1) is 18.9. The van der Waals surface area contributed by atoms with Crippen molar-refractivity contribution in [2.24, 2.45) is 5.92 Å². The van der Waals surface area contributed by atoms with Gasteiger partial charge in [-0.15, -0.1) is 0 Å². The summed E-state index contributed by atoms with van der Waals surface area (Å²) in [5.41, 5.74) is 1.94. The lowest BCUT2D eigenvalue weighted by atomic mass is 10.1. The van der Waals surface area contributed by atoms with Gasteiger partial charge in [0, 0.05) is 23.1 Å². The molecule has 0 aliphatic carbocycles. The van der Waals surface area contributed by atoms with Crippen LogP contribution in [0.2, 0.25) is 10.0 Å². The van der Waals surface area contributed by atoms with E-state index in [0.717, 1.165) is 15.4 Å². The molecule has 214 valence electrons. The second kappa shape index (κ2) is 14.0. The van der Waals surface area contributed by atoms with Crippen molar-refractivity contribution >= 4 is 50.7 Å². The first-order valence-corrected chi connectivity index (χ1v) is 15.3. The molecule has 0 saturated carbocycles. The Hall–Kier alpha value is -3.07. The van der Waals surface area contributed by atoms with Crippen LogP contribution >= 0.6 is 23.2 Å². The van der Waals surface area contributed by atoms with Crippen molar-refractivity contribution in [2.75, 3.05) is 17.4 Å². The van der Waals surface area contributed by atoms with E-state index in [1.165, 1.54) is 17.0 Å². The molecule has 3 rings (SSSR count). The summed E-state index contributed by atoms with van der Waals surface area (Å²) in [4.78, 5) is 28.8. The Kier molecular flexibility index (Phi) is 11.0. The van der Waals surface area contributed by atoms with Gasteiger partial charge in [-0.3, -0.25) is 13.9 Å². The number of hydrogen-bond acceptors (Lipinski definition) is 4. The average Bonchev–Trinajstić information content (AvgIpc) is 2.92. The number of rotatable bonds is 12. The van der Waals surface area contributed by atoms with Crippen molar-refractivity contribution in [3.8, 4) is 0 Å². The van der Waals surface area contributed by atoms with Crippen molar-refractivity contribution in [1.82, 2.24) is 10.2 Å². The summed E-state index contributed by atoms with van der Waals surface area (Å²) in [6, 6.07) is 18.8. The number of carbonyl (C=O) groups excluding carboxylic acids is 2. The number of sulfonamides is 1. The normalized spacial score (nSPS) is 12.2. The number of carbonyl (C=O) groups is 2. The monoisotopic (exact) mass is 603 g/mol. The SMILES string of the molecule is CC[C@@H](C(=O)NCC(C)C)N(Cc1ccc(Cl)cc1)C(=O)CN(c1ccc(Cl)cc1)S(=O)(=O)c1ccc(C)cc1. The Morgan fingerprint density at radius 1 is 0.875 bits per heavy atom. The smallest absolute Gasteiger partial charge is 0.264 e. The summed E-state index contributed by atoms with van der Waals surface area (Å²) >= 11 is 12.1. The van der Waals surface area contributed by atoms with Gasteiger partial charge < -0.3 is 10.2 Å². The first kappa shape index (κ1) is 31.5. The van der Waals surface area contributed by atoms with Gasteiger partial charge in [0.15, 0.2) is 0 Å². The van der Waals surface area contributed by atoms with Gasteiger partial charge in [0.05, 0.1) is 10.6 Å². The van der Waals surface area contributed by atoms with Crippen molar-refractivity contribution in [2.45, 2.75) is 51.6 Å². The summed E-state index contributed by atoms with van der Waals surface area (Å²) < 4.78 is 28.8. The van der Waals surface area contributed by atoms with Crippen LogP contribution in [-0.4, -0.2) is 44.3 Å². The zero-order chi connectivity index (χ0) is 29.4. The fraction of sp³-hybridized carbons (Fsp3) is 0.333. The first-order valence-electron chi connectivity index (χ1n) is 13.1. The molecule has 0 radical (unpaired) electrons. The van der Waals surface area contributed by atoms with Gasteiger partial charge in [-0.1, -0.05) is 73.8 Å². The van der Waals surface area contributed by atoms with Gasteiger partial charge >= 0.3 is 0 Å². The molecule has 2 amide bonds. The molecule has 0 bridgehead atoms. The van der Waals surface area contributed by atoms with E-state index in [1.54, 1.807) is 60.7 Å². The van der Waals surface area contributed by atoms with Crippen LogP contribution in [0, 0.1) is 12.8 Å². The van der Waals surface area contributed by atoms with Crippen LogP contribution < -0.4 is 9.62 Å². The van der Waals surface area contributed by atoms with E-state index in [-0.39, 0.29) is 29.0 Å². The largest absolute Gasteiger partial charge is 0.354 e. The Labute approximate surface area is 247 Å². The van der Waals surface area contributed by atoms with Gasteiger partial charge in [-0.25, -0.2) is 8.42 Å². The highest BCUT2D eigenvalue weighted by atomic mass is 35.5. The summed E-state index contributed by atoms with van der Waals surface area (Å²) in [5, 5.41) is 3.89. The second-order valence-corrected chi connectivity index (χ2v) is 12.7. The highest BCUT2D eigenvalue weighted by Crippen LogP contribution is 2.26. The zero-order valence-corrected chi connectivity index (χ0v) is 25.4. The summed E-state index contributed by atoms with van der Waals surface area (Å²) in [6.45, 7) is 7.69. The van der Waals surface area contributed by atoms with Crippen LogP contribution in [0.15, 0.2) is 77.7 Å². The number of halogens is 2. The molecule has 0 spiro atoms. The standard InChI is InChI=1S/C30H35Cl2N3O4S/c1-5-28(30(37)33-18-21(2)3)34(19-23-8-10-24(31)11-9-23)29(36)20-35(26-14-12-25(32)13-15-26)40(38,39)27-16-6-22(4)7-17-27/h6-17,21,28H,5,18-20H2,1-4H3,(H,33,37)/t28-/m0/s1. The fourth-order valence-corrected chi connectivity index (χ4v) is 5.77. The molecule has 0 unspecified atom stereocenters. The quantitative estimate of drug-likeness (QED) is 0.272. The Bertz CT molecular complexity index is 1390. The maximum Gasteiger partial charge on any atom is 0.264 e. The molecule has 40 heavy (non-hydrogen) atoms. The molecule has 0 heterocycles. The average molecular weight is 605 g/mol. The molecule has 1 atom stereocenters. The molecule has 0 saturated heterocycles. The molecule has 0 fully saturated rings. The molecule has 7 nitrogen and oxygen atoms in total. The number of nitrogens with zero attached hydrogens (tertiary/aromatic N) is 2. The lowest BCUT2D eigenvalue weighted by molar-refractivity contribution is -0.140. The van der Waals surface area contributed by atoms with Crippen molar-refractivity contribution in [3.05, 3.63) is 94.0 Å². The number of hydrogen-bond donors (Lipinski definition) is 1. The molecule has 0 aliphatic rings. The number of aryl methyl sites for hydroxylation is 1. The minimum Gasteiger partial charge on any atom is -0.354 e. The lowest BCUT2D eigenvalue weighted by Gasteiger charge is -2.33. The number of benzene rings is 3. The summed E-state index contributed by atoms with van der Waals surface area (Å²) in [5.74, 6) is -0.591. The van der Waals surface area contributed by atoms with Gasteiger partial charge in [-0.05, 0) is 73.4 Å². The van der Waals surface area contributed by atoms with Crippen LogP contribution in [0.5, 0.6) is 0 Å². The van der Waals surface area contributed by atoms with E-state index >= 15 is 0 Å². The van der Waals surface area contributed by atoms with E-state index in [1.807, 2.05) is 27.7 Å². The zero-order valence-electron chi connectivity index (χ0n) is 23.1. The van der Waals surface area contributed by atoms with E-state index in [0.29, 0.717) is 23.0 Å². The van der Waals surface area contributed by atoms with Crippen LogP contribution in [0.4, 0.5) is 5.69 Å². The van der Waals surface area contributed by atoms with Crippen molar-refractivity contribution in [3.63, 3.8) is 0 Å². The third-order valence-corrected chi connectivity index (χ3v) is 8.63. The Balaban J connectivity index is 2.03. The predicted octanol–water partition coefficient (Wildman–Crippen LogP) is 6.08. The van der Waals surface area contributed by atoms with Gasteiger partial charge in [0.2, 0.25) is 11.8 Å². The minimum absolute atomic E-state index is 0.0480. The summed E-state index contributed by atoms with van der Waals surface area (Å²) in [7, 11) is -4.14. The van der Waals surface area contributed by atoms with Crippen LogP contribution in [0.1, 0.15) is 38.3 Å². The lowest BCUT2D eigenvalue weighted by Crippen LogP contribution is -2.52. The molecular weight excluding hydrogens is 569 g/mol. The molecule has 0 aliphatic heterocycles. The minimum atomic E-state index is -4.14. The third-order valence-electron chi connectivity index (χ3n) is 6.34.